The molecule has 1 fully saturated rings. The molecule has 0 spiro atoms. The minimum absolute atomic E-state index is 0.0562. The molecule has 26 heavy (non-hydrogen) atoms. The van der Waals surface area contributed by atoms with E-state index in [0.29, 0.717) is 0 Å². The van der Waals surface area contributed by atoms with Gasteiger partial charge in [0, 0.05) is 17.8 Å². The minimum Gasteiger partial charge on any atom is -0.479 e. The van der Waals surface area contributed by atoms with Gasteiger partial charge in [-0.15, -0.1) is 11.3 Å². The standard InChI is InChI=1S/C16H16N2O6S2/c19-15(18-6-7-24-13(10-18)16(20)21)11-3-1-4-12(9-11)17-26(22,23)14-5-2-8-25-14/h1-5,8-9,13,17H,6-7,10H2,(H,20,21). The number of amides is 1. The van der Waals surface area contributed by atoms with Gasteiger partial charge in [0.1, 0.15) is 4.21 Å². The maximum atomic E-state index is 12.6. The molecule has 1 saturated heterocycles. The number of sulfonamides is 1. The molecular formula is C16H16N2O6S2. The number of carbonyl (C=O) groups excluding carboxylic acids is 1. The predicted molar refractivity (Wildman–Crippen MR) is 94.8 cm³/mol. The molecule has 138 valence electrons. The third kappa shape index (κ3) is 4.03. The fourth-order valence-electron chi connectivity index (χ4n) is 2.50. The number of nitrogens with zero attached hydrogens (tertiary/aromatic N) is 1. The summed E-state index contributed by atoms with van der Waals surface area (Å²) in [5.74, 6) is -1.50. The molecule has 0 aliphatic carbocycles. The van der Waals surface area contributed by atoms with E-state index in [-0.39, 0.29) is 41.1 Å². The Balaban J connectivity index is 1.77. The van der Waals surface area contributed by atoms with Gasteiger partial charge in [-0.05, 0) is 29.6 Å². The van der Waals surface area contributed by atoms with E-state index in [4.69, 9.17) is 9.84 Å². The first-order chi connectivity index (χ1) is 12.4. The van der Waals surface area contributed by atoms with E-state index in [1.165, 1.54) is 17.0 Å². The summed E-state index contributed by atoms with van der Waals surface area (Å²) in [5, 5.41) is 10.7. The first-order valence-electron chi connectivity index (χ1n) is 7.67. The number of hydrogen-bond acceptors (Lipinski definition) is 6. The van der Waals surface area contributed by atoms with Gasteiger partial charge in [-0.3, -0.25) is 9.52 Å². The molecule has 1 aromatic carbocycles. The highest BCUT2D eigenvalue weighted by atomic mass is 32.2. The highest BCUT2D eigenvalue weighted by Gasteiger charge is 2.29. The summed E-state index contributed by atoms with van der Waals surface area (Å²) < 4.78 is 32.3. The van der Waals surface area contributed by atoms with Gasteiger partial charge >= 0.3 is 5.97 Å². The Labute approximate surface area is 154 Å². The fourth-order valence-corrected chi connectivity index (χ4v) is 4.55. The van der Waals surface area contributed by atoms with E-state index in [0.717, 1.165) is 11.3 Å². The van der Waals surface area contributed by atoms with Crippen molar-refractivity contribution >= 4 is 38.9 Å². The predicted octanol–water partition coefficient (Wildman–Crippen LogP) is 1.47. The topological polar surface area (TPSA) is 113 Å². The first-order valence-corrected chi connectivity index (χ1v) is 10.0. The zero-order valence-corrected chi connectivity index (χ0v) is 15.1. The van der Waals surface area contributed by atoms with Crippen LogP contribution in [0, 0.1) is 0 Å². The van der Waals surface area contributed by atoms with E-state index in [2.05, 4.69) is 4.72 Å². The molecule has 3 rings (SSSR count). The Hall–Kier alpha value is -2.43. The van der Waals surface area contributed by atoms with Gasteiger partial charge in [0.2, 0.25) is 0 Å². The molecule has 1 amide bonds. The summed E-state index contributed by atoms with van der Waals surface area (Å²) >= 11 is 1.09. The van der Waals surface area contributed by atoms with Crippen LogP contribution in [0.4, 0.5) is 5.69 Å². The van der Waals surface area contributed by atoms with Gasteiger partial charge in [0.05, 0.1) is 13.2 Å². The van der Waals surface area contributed by atoms with Crippen LogP contribution in [0.15, 0.2) is 46.0 Å². The minimum atomic E-state index is -3.71. The van der Waals surface area contributed by atoms with E-state index in [1.54, 1.807) is 29.6 Å². The molecule has 2 N–H and O–H groups in total. The molecule has 1 aliphatic heterocycles. The van der Waals surface area contributed by atoms with Crippen molar-refractivity contribution in [2.75, 3.05) is 24.4 Å². The molecule has 2 heterocycles. The Kier molecular flexibility index (Phi) is 5.25. The number of morpholine rings is 1. The summed E-state index contributed by atoms with van der Waals surface area (Å²) in [5.41, 5.74) is 0.523. The number of carbonyl (C=O) groups is 2. The van der Waals surface area contributed by atoms with Crippen LogP contribution in [0.5, 0.6) is 0 Å². The van der Waals surface area contributed by atoms with Crippen LogP contribution >= 0.6 is 11.3 Å². The van der Waals surface area contributed by atoms with Gasteiger partial charge < -0.3 is 14.7 Å². The lowest BCUT2D eigenvalue weighted by Gasteiger charge is -2.31. The van der Waals surface area contributed by atoms with E-state index in [9.17, 15) is 18.0 Å². The van der Waals surface area contributed by atoms with Crippen molar-refractivity contribution in [3.05, 3.63) is 47.3 Å². The molecule has 10 heteroatoms. The average Bonchev–Trinajstić information content (AvgIpc) is 3.17. The highest BCUT2D eigenvalue weighted by molar-refractivity contribution is 7.94. The maximum absolute atomic E-state index is 12.6. The molecular weight excluding hydrogens is 380 g/mol. The quantitative estimate of drug-likeness (QED) is 0.791. The van der Waals surface area contributed by atoms with Crippen LogP contribution in [0.2, 0.25) is 0 Å². The maximum Gasteiger partial charge on any atom is 0.334 e. The zero-order chi connectivity index (χ0) is 18.7. The van der Waals surface area contributed by atoms with Crippen molar-refractivity contribution in [3.63, 3.8) is 0 Å². The monoisotopic (exact) mass is 396 g/mol. The van der Waals surface area contributed by atoms with Crippen molar-refractivity contribution < 1.29 is 27.9 Å². The molecule has 1 aromatic heterocycles. The molecule has 0 radical (unpaired) electrons. The number of aliphatic carboxylic acids is 1. The molecule has 0 bridgehead atoms. The van der Waals surface area contributed by atoms with Crippen LogP contribution in [0.3, 0.4) is 0 Å². The van der Waals surface area contributed by atoms with Gasteiger partial charge in [-0.1, -0.05) is 12.1 Å². The van der Waals surface area contributed by atoms with E-state index < -0.39 is 22.1 Å². The van der Waals surface area contributed by atoms with Crippen molar-refractivity contribution in [1.82, 2.24) is 4.90 Å². The molecule has 8 nitrogen and oxygen atoms in total. The second-order valence-corrected chi connectivity index (χ2v) is 8.42. The Morgan fingerprint density at radius 1 is 1.27 bits per heavy atom. The SMILES string of the molecule is O=C(O)C1CN(C(=O)c2cccc(NS(=O)(=O)c3cccs3)c2)CCO1. The van der Waals surface area contributed by atoms with Crippen LogP contribution in [0.25, 0.3) is 0 Å². The Morgan fingerprint density at radius 2 is 2.08 bits per heavy atom. The van der Waals surface area contributed by atoms with Gasteiger partial charge in [0.25, 0.3) is 15.9 Å². The van der Waals surface area contributed by atoms with E-state index in [1.807, 2.05) is 0 Å². The van der Waals surface area contributed by atoms with Crippen molar-refractivity contribution in [2.24, 2.45) is 0 Å². The lowest BCUT2D eigenvalue weighted by Crippen LogP contribution is -2.48. The highest BCUT2D eigenvalue weighted by Crippen LogP contribution is 2.21. The average molecular weight is 396 g/mol. The van der Waals surface area contributed by atoms with Crippen LogP contribution in [-0.4, -0.2) is 56.1 Å². The summed E-state index contributed by atoms with van der Waals surface area (Å²) in [6.45, 7) is 0.348. The van der Waals surface area contributed by atoms with Crippen LogP contribution in [-0.2, 0) is 19.6 Å². The lowest BCUT2D eigenvalue weighted by molar-refractivity contribution is -0.154. The number of carboxylic acid groups (broad SMARTS) is 1. The van der Waals surface area contributed by atoms with Gasteiger partial charge in [0.15, 0.2) is 6.10 Å². The Bertz CT molecular complexity index is 911. The number of benzene rings is 1. The summed E-state index contributed by atoms with van der Waals surface area (Å²) in [7, 11) is -3.71. The van der Waals surface area contributed by atoms with Gasteiger partial charge in [-0.2, -0.15) is 0 Å². The second kappa shape index (κ2) is 7.44. The molecule has 1 aliphatic rings. The largest absolute Gasteiger partial charge is 0.479 e. The number of nitrogens with one attached hydrogen (secondary N) is 1. The normalized spacial score (nSPS) is 17.7. The zero-order valence-electron chi connectivity index (χ0n) is 13.5. The van der Waals surface area contributed by atoms with Crippen molar-refractivity contribution in [2.45, 2.75) is 10.3 Å². The van der Waals surface area contributed by atoms with Crippen LogP contribution < -0.4 is 4.72 Å². The van der Waals surface area contributed by atoms with Crippen LogP contribution in [0.1, 0.15) is 10.4 Å². The van der Waals surface area contributed by atoms with Crippen molar-refractivity contribution in [3.8, 4) is 0 Å². The first kappa shape index (κ1) is 18.4. The lowest BCUT2D eigenvalue weighted by atomic mass is 10.1. The third-order valence-electron chi connectivity index (χ3n) is 3.75. The molecule has 1 unspecified atom stereocenters. The summed E-state index contributed by atoms with van der Waals surface area (Å²) in [4.78, 5) is 25.0. The number of ether oxygens (including phenoxy) is 1. The number of hydrogen-bond donors (Lipinski definition) is 2. The van der Waals surface area contributed by atoms with E-state index >= 15 is 0 Å². The number of carboxylic acids is 1. The molecule has 1 atom stereocenters. The summed E-state index contributed by atoms with van der Waals surface area (Å²) in [6.07, 6.45) is -1.06. The number of thiophene rings is 1. The molecule has 2 aromatic rings. The Morgan fingerprint density at radius 3 is 2.77 bits per heavy atom. The van der Waals surface area contributed by atoms with Gasteiger partial charge in [-0.25, -0.2) is 13.2 Å². The molecule has 0 saturated carbocycles. The van der Waals surface area contributed by atoms with Crippen molar-refractivity contribution in [1.29, 1.82) is 0 Å². The number of anilines is 1. The second-order valence-electron chi connectivity index (χ2n) is 5.57. The smallest absolute Gasteiger partial charge is 0.334 e. The summed E-state index contributed by atoms with van der Waals surface area (Å²) in [6, 6.07) is 9.21. The third-order valence-corrected chi connectivity index (χ3v) is 6.53. The fraction of sp³-hybridized carbons (Fsp3) is 0.250. The number of rotatable bonds is 5.